The number of aromatic amines is 1. The highest BCUT2D eigenvalue weighted by molar-refractivity contribution is 6.07. The summed E-state index contributed by atoms with van der Waals surface area (Å²) < 4.78 is 9.63. The third-order valence-corrected chi connectivity index (χ3v) is 3.38. The van der Waals surface area contributed by atoms with Crippen molar-refractivity contribution in [2.75, 3.05) is 19.5 Å². The van der Waals surface area contributed by atoms with Crippen molar-refractivity contribution in [3.63, 3.8) is 0 Å². The van der Waals surface area contributed by atoms with E-state index in [0.29, 0.717) is 0 Å². The highest BCUT2D eigenvalue weighted by Gasteiger charge is 2.26. The predicted octanol–water partition coefficient (Wildman–Crippen LogP) is 0.572. The van der Waals surface area contributed by atoms with Gasteiger partial charge in [0.15, 0.2) is 6.61 Å². The number of carbonyl (C=O) groups excluding carboxylic acids is 1. The molecule has 26 heavy (non-hydrogen) atoms. The quantitative estimate of drug-likeness (QED) is 0.537. The summed E-state index contributed by atoms with van der Waals surface area (Å²) in [6, 6.07) is 5.58. The summed E-state index contributed by atoms with van der Waals surface area (Å²) in [5.41, 5.74) is 2.88. The van der Waals surface area contributed by atoms with E-state index in [1.165, 1.54) is 31.4 Å². The number of carbonyl (C=O) groups is 3. The summed E-state index contributed by atoms with van der Waals surface area (Å²) in [5, 5.41) is 18.7. The number of H-pyrrole nitrogens is 1. The van der Waals surface area contributed by atoms with Crippen LogP contribution in [0.2, 0.25) is 0 Å². The minimum atomic E-state index is -1.62. The van der Waals surface area contributed by atoms with Crippen molar-refractivity contribution in [3.8, 4) is 16.9 Å². The molecule has 0 bridgehead atoms. The molecule has 136 valence electrons. The van der Waals surface area contributed by atoms with E-state index in [1.54, 1.807) is 0 Å². The molecule has 10 heteroatoms. The number of esters is 1. The van der Waals surface area contributed by atoms with Crippen molar-refractivity contribution < 1.29 is 34.1 Å². The third kappa shape index (κ3) is 3.64. The van der Waals surface area contributed by atoms with Crippen LogP contribution in [0, 0.1) is 0 Å². The Morgan fingerprint density at radius 3 is 2.38 bits per heavy atom. The Labute approximate surface area is 145 Å². The van der Waals surface area contributed by atoms with E-state index in [-0.39, 0.29) is 16.9 Å². The van der Waals surface area contributed by atoms with Gasteiger partial charge in [0.05, 0.1) is 7.11 Å². The second kappa shape index (κ2) is 7.38. The van der Waals surface area contributed by atoms with Gasteiger partial charge >= 0.3 is 17.9 Å². The Kier molecular flexibility index (Phi) is 5.26. The molecule has 0 amide bonds. The Bertz CT molecular complexity index is 948. The van der Waals surface area contributed by atoms with Gasteiger partial charge in [0, 0.05) is 5.56 Å². The van der Waals surface area contributed by atoms with Crippen LogP contribution in [-0.4, -0.2) is 46.8 Å². The van der Waals surface area contributed by atoms with Gasteiger partial charge in [-0.25, -0.2) is 14.4 Å². The van der Waals surface area contributed by atoms with Gasteiger partial charge in [0.25, 0.3) is 5.56 Å². The minimum Gasteiger partial charge on any atom is -0.482 e. The zero-order valence-electron chi connectivity index (χ0n) is 13.4. The second-order valence-electron chi connectivity index (χ2n) is 5.00. The van der Waals surface area contributed by atoms with Gasteiger partial charge in [-0.1, -0.05) is 12.1 Å². The standard InChI is InChI=1S/C16H14N2O8/c1-25-9(19)6-26-8-4-2-3-7(5-8)10-11(15(21)22)13(17)18-14(20)12(10)16(23)24/h2-5H,6H2,1H3,(H,21,22)(H,23,24)(H3,17,18,20). The summed E-state index contributed by atoms with van der Waals surface area (Å²) in [4.78, 5) is 48.2. The van der Waals surface area contributed by atoms with Crippen molar-refractivity contribution in [2.45, 2.75) is 0 Å². The largest absolute Gasteiger partial charge is 0.482 e. The number of anilines is 1. The monoisotopic (exact) mass is 362 g/mol. The molecule has 0 saturated heterocycles. The minimum absolute atomic E-state index is 0.0694. The maximum Gasteiger partial charge on any atom is 0.343 e. The molecule has 0 atom stereocenters. The van der Waals surface area contributed by atoms with Gasteiger partial charge in [-0.15, -0.1) is 0 Å². The molecule has 0 saturated carbocycles. The van der Waals surface area contributed by atoms with Crippen LogP contribution in [-0.2, 0) is 9.53 Å². The van der Waals surface area contributed by atoms with E-state index in [2.05, 4.69) is 4.74 Å². The number of nitrogen functional groups attached to an aromatic ring is 1. The summed E-state index contributed by atoms with van der Waals surface area (Å²) in [6.45, 7) is -0.408. The van der Waals surface area contributed by atoms with Crippen LogP contribution in [0.25, 0.3) is 11.1 Å². The molecular formula is C16H14N2O8. The fourth-order valence-corrected chi connectivity index (χ4v) is 2.28. The molecule has 0 unspecified atom stereocenters. The smallest absolute Gasteiger partial charge is 0.343 e. The van der Waals surface area contributed by atoms with Crippen LogP contribution in [0.3, 0.4) is 0 Å². The molecule has 0 fully saturated rings. The second-order valence-corrected chi connectivity index (χ2v) is 5.00. The number of pyridine rings is 1. The molecule has 1 aromatic carbocycles. The first-order chi connectivity index (χ1) is 12.3. The number of nitrogens with one attached hydrogen (secondary N) is 1. The first-order valence-corrected chi connectivity index (χ1v) is 7.08. The fraction of sp³-hybridized carbons (Fsp3) is 0.125. The normalized spacial score (nSPS) is 10.2. The number of ether oxygens (including phenoxy) is 2. The Morgan fingerprint density at radius 1 is 1.15 bits per heavy atom. The van der Waals surface area contributed by atoms with E-state index in [0.717, 1.165) is 0 Å². The van der Waals surface area contributed by atoms with Crippen molar-refractivity contribution in [3.05, 3.63) is 45.7 Å². The van der Waals surface area contributed by atoms with Crippen LogP contribution in [0.15, 0.2) is 29.1 Å². The summed E-state index contributed by atoms with van der Waals surface area (Å²) in [5.74, 6) is -4.13. The number of aromatic nitrogens is 1. The number of hydrogen-bond acceptors (Lipinski definition) is 7. The van der Waals surface area contributed by atoms with Crippen LogP contribution in [0.5, 0.6) is 5.75 Å². The molecule has 0 spiro atoms. The van der Waals surface area contributed by atoms with Crippen LogP contribution >= 0.6 is 0 Å². The zero-order chi connectivity index (χ0) is 19.4. The highest BCUT2D eigenvalue weighted by Crippen LogP contribution is 2.31. The number of carboxylic acids is 2. The first kappa shape index (κ1) is 18.5. The maximum atomic E-state index is 12.0. The van der Waals surface area contributed by atoms with E-state index in [9.17, 15) is 29.4 Å². The fourth-order valence-electron chi connectivity index (χ4n) is 2.28. The van der Waals surface area contributed by atoms with Gasteiger partial charge < -0.3 is 30.4 Å². The van der Waals surface area contributed by atoms with Crippen molar-refractivity contribution >= 4 is 23.7 Å². The van der Waals surface area contributed by atoms with Crippen molar-refractivity contribution in [1.82, 2.24) is 4.98 Å². The highest BCUT2D eigenvalue weighted by atomic mass is 16.6. The summed E-state index contributed by atoms with van der Waals surface area (Å²) in [6.07, 6.45) is 0. The van der Waals surface area contributed by atoms with Crippen molar-refractivity contribution in [1.29, 1.82) is 0 Å². The molecule has 0 radical (unpaired) electrons. The number of hydrogen-bond donors (Lipinski definition) is 4. The topological polar surface area (TPSA) is 169 Å². The Morgan fingerprint density at radius 2 is 1.81 bits per heavy atom. The molecule has 2 rings (SSSR count). The van der Waals surface area contributed by atoms with Gasteiger partial charge in [0.1, 0.15) is 22.7 Å². The lowest BCUT2D eigenvalue weighted by Gasteiger charge is -2.13. The maximum absolute atomic E-state index is 12.0. The summed E-state index contributed by atoms with van der Waals surface area (Å²) >= 11 is 0. The van der Waals surface area contributed by atoms with E-state index >= 15 is 0 Å². The Balaban J connectivity index is 2.67. The molecule has 0 aliphatic carbocycles. The lowest BCUT2D eigenvalue weighted by Crippen LogP contribution is -2.24. The average Bonchev–Trinajstić information content (AvgIpc) is 2.58. The predicted molar refractivity (Wildman–Crippen MR) is 88.3 cm³/mol. The Hall–Kier alpha value is -3.82. The SMILES string of the molecule is COC(=O)COc1cccc(-c2c(C(=O)O)c(N)[nH]c(=O)c2C(=O)O)c1. The van der Waals surface area contributed by atoms with Crippen LogP contribution in [0.4, 0.5) is 5.82 Å². The molecule has 1 aromatic heterocycles. The lowest BCUT2D eigenvalue weighted by atomic mass is 9.95. The number of benzene rings is 1. The molecule has 0 aliphatic heterocycles. The molecule has 1 heterocycles. The van der Waals surface area contributed by atoms with Gasteiger partial charge in [-0.2, -0.15) is 0 Å². The lowest BCUT2D eigenvalue weighted by molar-refractivity contribution is -0.142. The molecule has 10 nitrogen and oxygen atoms in total. The van der Waals surface area contributed by atoms with Crippen LogP contribution < -0.4 is 16.0 Å². The molecule has 0 aliphatic rings. The van der Waals surface area contributed by atoms with Gasteiger partial charge in [0.2, 0.25) is 0 Å². The summed E-state index contributed by atoms with van der Waals surface area (Å²) in [7, 11) is 1.18. The number of methoxy groups -OCH3 is 1. The van der Waals surface area contributed by atoms with E-state index in [4.69, 9.17) is 10.5 Å². The van der Waals surface area contributed by atoms with Gasteiger partial charge in [-0.3, -0.25) is 4.79 Å². The number of carboxylic acid groups (broad SMARTS) is 2. The number of rotatable bonds is 6. The van der Waals surface area contributed by atoms with Crippen molar-refractivity contribution in [2.24, 2.45) is 0 Å². The molecule has 2 aromatic rings. The third-order valence-electron chi connectivity index (χ3n) is 3.38. The van der Waals surface area contributed by atoms with E-state index < -0.39 is 47.0 Å². The van der Waals surface area contributed by atoms with Gasteiger partial charge in [-0.05, 0) is 17.7 Å². The van der Waals surface area contributed by atoms with Crippen LogP contribution in [0.1, 0.15) is 20.7 Å². The number of aromatic carboxylic acids is 2. The average molecular weight is 362 g/mol. The molecular weight excluding hydrogens is 348 g/mol. The zero-order valence-corrected chi connectivity index (χ0v) is 13.4. The first-order valence-electron chi connectivity index (χ1n) is 7.08. The number of nitrogens with two attached hydrogens (primary N) is 1. The van der Waals surface area contributed by atoms with E-state index in [1.807, 2.05) is 4.98 Å². The molecule has 5 N–H and O–H groups in total.